The topological polar surface area (TPSA) is 62.7 Å². The van der Waals surface area contributed by atoms with Crippen LogP contribution < -0.4 is 4.90 Å². The van der Waals surface area contributed by atoms with Gasteiger partial charge in [0.15, 0.2) is 6.10 Å². The summed E-state index contributed by atoms with van der Waals surface area (Å²) in [6.07, 6.45) is -4.25. The summed E-state index contributed by atoms with van der Waals surface area (Å²) in [6.45, 7) is 3.23. The molecule has 0 radical (unpaired) electrons. The number of alkyl halides is 3. The molecule has 148 valence electrons. The van der Waals surface area contributed by atoms with Crippen molar-refractivity contribution in [1.29, 1.82) is 0 Å². The van der Waals surface area contributed by atoms with Crippen molar-refractivity contribution in [2.24, 2.45) is 0 Å². The Morgan fingerprint density at radius 1 is 1.29 bits per heavy atom. The first kappa shape index (κ1) is 20.0. The number of benzene rings is 1. The highest BCUT2D eigenvalue weighted by Gasteiger charge is 2.63. The number of carbonyl (C=O) groups excluding carboxylic acids is 1. The number of amides is 1. The molecule has 0 saturated heterocycles. The number of aromatic nitrogens is 1. The fourth-order valence-electron chi connectivity index (χ4n) is 3.25. The van der Waals surface area contributed by atoms with Gasteiger partial charge in [0, 0.05) is 12.7 Å². The van der Waals surface area contributed by atoms with E-state index in [-0.39, 0.29) is 19.0 Å². The van der Waals surface area contributed by atoms with E-state index in [2.05, 4.69) is 11.6 Å². The van der Waals surface area contributed by atoms with Gasteiger partial charge >= 0.3 is 6.18 Å². The highest BCUT2D eigenvalue weighted by Crippen LogP contribution is 2.44. The van der Waals surface area contributed by atoms with E-state index in [1.54, 1.807) is 12.1 Å². The molecule has 0 bridgehead atoms. The first-order chi connectivity index (χ1) is 13.3. The van der Waals surface area contributed by atoms with Crippen LogP contribution in [0.15, 0.2) is 61.3 Å². The highest BCUT2D eigenvalue weighted by molar-refractivity contribution is 5.98. The SMILES string of the molecule is C=CCO[C@@H](C(=O)N1CCc2cccnc21)C(O)(c1ccccc1)C(F)(F)F. The van der Waals surface area contributed by atoms with E-state index < -0.39 is 29.4 Å². The number of hydrogen-bond acceptors (Lipinski definition) is 4. The lowest BCUT2D eigenvalue weighted by molar-refractivity contribution is -0.297. The van der Waals surface area contributed by atoms with Crippen LogP contribution in [0, 0.1) is 0 Å². The first-order valence-electron chi connectivity index (χ1n) is 8.63. The summed E-state index contributed by atoms with van der Waals surface area (Å²) < 4.78 is 47.4. The molecule has 1 amide bonds. The van der Waals surface area contributed by atoms with Gasteiger partial charge in [-0.05, 0) is 23.6 Å². The molecule has 1 unspecified atom stereocenters. The number of carbonyl (C=O) groups is 1. The smallest absolute Gasteiger partial charge is 0.374 e. The average Bonchev–Trinajstić information content (AvgIpc) is 3.11. The Balaban J connectivity index is 2.07. The average molecular weight is 392 g/mol. The van der Waals surface area contributed by atoms with E-state index in [4.69, 9.17) is 4.74 Å². The maximum atomic E-state index is 14.1. The number of anilines is 1. The molecule has 0 aliphatic carbocycles. The molecule has 2 atom stereocenters. The third kappa shape index (κ3) is 3.41. The number of fused-ring (bicyclic) bond motifs is 1. The lowest BCUT2D eigenvalue weighted by atomic mass is 9.86. The van der Waals surface area contributed by atoms with Gasteiger partial charge in [-0.3, -0.25) is 9.69 Å². The molecular formula is C20H19F3N2O3. The van der Waals surface area contributed by atoms with E-state index in [1.807, 2.05) is 0 Å². The van der Waals surface area contributed by atoms with Crippen molar-refractivity contribution in [3.05, 3.63) is 72.4 Å². The molecule has 0 spiro atoms. The molecule has 28 heavy (non-hydrogen) atoms. The molecule has 0 fully saturated rings. The Morgan fingerprint density at radius 2 is 2.00 bits per heavy atom. The summed E-state index contributed by atoms with van der Waals surface area (Å²) in [5, 5.41) is 10.8. The fourth-order valence-corrected chi connectivity index (χ4v) is 3.25. The maximum absolute atomic E-state index is 14.1. The van der Waals surface area contributed by atoms with E-state index >= 15 is 0 Å². The third-order valence-electron chi connectivity index (χ3n) is 4.62. The van der Waals surface area contributed by atoms with E-state index in [1.165, 1.54) is 30.5 Å². The minimum Gasteiger partial charge on any atom is -0.374 e. The number of nitrogens with zero attached hydrogens (tertiary/aromatic N) is 2. The molecule has 1 aliphatic rings. The summed E-state index contributed by atoms with van der Waals surface area (Å²) in [4.78, 5) is 18.4. The van der Waals surface area contributed by atoms with Gasteiger partial charge in [0.2, 0.25) is 5.60 Å². The van der Waals surface area contributed by atoms with Gasteiger partial charge in [-0.25, -0.2) is 4.98 Å². The highest BCUT2D eigenvalue weighted by atomic mass is 19.4. The lowest BCUT2D eigenvalue weighted by Crippen LogP contribution is -2.59. The van der Waals surface area contributed by atoms with Crippen LogP contribution in [0.4, 0.5) is 19.0 Å². The molecule has 8 heteroatoms. The normalized spacial score (nSPS) is 16.9. The van der Waals surface area contributed by atoms with Crippen LogP contribution in [0.5, 0.6) is 0 Å². The van der Waals surface area contributed by atoms with Gasteiger partial charge in [0.1, 0.15) is 5.82 Å². The van der Waals surface area contributed by atoms with Crippen molar-refractivity contribution in [3.8, 4) is 0 Å². The number of hydrogen-bond donors (Lipinski definition) is 1. The van der Waals surface area contributed by atoms with Crippen LogP contribution in [0.3, 0.4) is 0 Å². The molecule has 5 nitrogen and oxygen atoms in total. The number of halogens is 3. The van der Waals surface area contributed by atoms with Gasteiger partial charge in [-0.15, -0.1) is 6.58 Å². The molecule has 0 saturated carbocycles. The standard InChI is InChI=1S/C20H19F3N2O3/c1-2-13-28-16(18(26)25-12-10-14-7-6-11-24-17(14)25)19(27,20(21,22)23)15-8-4-3-5-9-15/h2-9,11,16,27H,1,10,12-13H2/t16-,19?/m0/s1. The van der Waals surface area contributed by atoms with Crippen molar-refractivity contribution in [2.75, 3.05) is 18.1 Å². The second-order valence-corrected chi connectivity index (χ2v) is 6.36. The zero-order chi connectivity index (χ0) is 20.4. The molecule has 2 aromatic rings. The van der Waals surface area contributed by atoms with Gasteiger partial charge in [0.25, 0.3) is 5.91 Å². The van der Waals surface area contributed by atoms with E-state index in [9.17, 15) is 23.1 Å². The Morgan fingerprint density at radius 3 is 2.64 bits per heavy atom. The van der Waals surface area contributed by atoms with Gasteiger partial charge in [0.05, 0.1) is 6.61 Å². The van der Waals surface area contributed by atoms with Crippen molar-refractivity contribution in [3.63, 3.8) is 0 Å². The molecule has 1 N–H and O–H groups in total. The monoisotopic (exact) mass is 392 g/mol. The molecule has 3 rings (SSSR count). The van der Waals surface area contributed by atoms with Crippen molar-refractivity contribution in [1.82, 2.24) is 4.98 Å². The number of pyridine rings is 1. The lowest BCUT2D eigenvalue weighted by Gasteiger charge is -2.38. The molecule has 2 heterocycles. The summed E-state index contributed by atoms with van der Waals surface area (Å²) in [6, 6.07) is 9.89. The van der Waals surface area contributed by atoms with Gasteiger partial charge < -0.3 is 9.84 Å². The molecule has 1 aromatic heterocycles. The zero-order valence-corrected chi connectivity index (χ0v) is 14.9. The summed E-state index contributed by atoms with van der Waals surface area (Å²) >= 11 is 0. The van der Waals surface area contributed by atoms with Crippen molar-refractivity contribution in [2.45, 2.75) is 24.3 Å². The number of aliphatic hydroxyl groups is 1. The Bertz CT molecular complexity index is 857. The first-order valence-corrected chi connectivity index (χ1v) is 8.63. The Hall–Kier alpha value is -2.71. The van der Waals surface area contributed by atoms with Gasteiger partial charge in [-0.1, -0.05) is 42.5 Å². The predicted octanol–water partition coefficient (Wildman–Crippen LogP) is 2.99. The quantitative estimate of drug-likeness (QED) is 0.768. The summed E-state index contributed by atoms with van der Waals surface area (Å²) in [7, 11) is 0. The van der Waals surface area contributed by atoms with Crippen LogP contribution in [-0.2, 0) is 21.6 Å². The van der Waals surface area contributed by atoms with Crippen LogP contribution in [0.2, 0.25) is 0 Å². The second kappa shape index (κ2) is 7.73. The summed E-state index contributed by atoms with van der Waals surface area (Å²) in [5.41, 5.74) is -3.27. The third-order valence-corrected chi connectivity index (χ3v) is 4.62. The van der Waals surface area contributed by atoms with E-state index in [0.29, 0.717) is 6.42 Å². The minimum atomic E-state index is -5.16. The van der Waals surface area contributed by atoms with E-state index in [0.717, 1.165) is 22.6 Å². The predicted molar refractivity (Wildman–Crippen MR) is 96.6 cm³/mol. The second-order valence-electron chi connectivity index (χ2n) is 6.36. The molecule has 1 aromatic carbocycles. The van der Waals surface area contributed by atoms with Crippen molar-refractivity contribution < 1.29 is 27.8 Å². The van der Waals surface area contributed by atoms with Gasteiger partial charge in [-0.2, -0.15) is 13.2 Å². The molecule has 1 aliphatic heterocycles. The van der Waals surface area contributed by atoms with Crippen LogP contribution in [0.1, 0.15) is 11.1 Å². The largest absolute Gasteiger partial charge is 0.424 e. The van der Waals surface area contributed by atoms with Crippen LogP contribution in [-0.4, -0.2) is 41.4 Å². The molecular weight excluding hydrogens is 373 g/mol. The maximum Gasteiger partial charge on any atom is 0.424 e. The minimum absolute atomic E-state index is 0.155. The zero-order valence-electron chi connectivity index (χ0n) is 14.9. The Labute approximate surface area is 160 Å². The Kier molecular flexibility index (Phi) is 5.53. The summed E-state index contributed by atoms with van der Waals surface area (Å²) in [5.74, 6) is -0.736. The number of ether oxygens (including phenoxy) is 1. The number of rotatable bonds is 6. The van der Waals surface area contributed by atoms with Crippen LogP contribution in [0.25, 0.3) is 0 Å². The van der Waals surface area contributed by atoms with Crippen LogP contribution >= 0.6 is 0 Å². The van der Waals surface area contributed by atoms with Crippen molar-refractivity contribution >= 4 is 11.7 Å². The fraction of sp³-hybridized carbons (Fsp3) is 0.300.